The van der Waals surface area contributed by atoms with Crippen LogP contribution in [0.1, 0.15) is 46.3 Å². The molecule has 4 aromatic rings. The lowest BCUT2D eigenvalue weighted by atomic mass is 10.0. The molecule has 1 unspecified atom stereocenters. The van der Waals surface area contributed by atoms with E-state index in [-0.39, 0.29) is 16.2 Å². The molecule has 8 heteroatoms. The molecule has 160 valence electrons. The van der Waals surface area contributed by atoms with Crippen LogP contribution in [0.5, 0.6) is 5.75 Å². The van der Waals surface area contributed by atoms with Crippen LogP contribution in [0.15, 0.2) is 54.9 Å². The first kappa shape index (κ1) is 21.0. The molecule has 0 aliphatic carbocycles. The van der Waals surface area contributed by atoms with Crippen LogP contribution < -0.4 is 4.74 Å². The van der Waals surface area contributed by atoms with Crippen molar-refractivity contribution in [3.05, 3.63) is 76.4 Å². The molecule has 1 N–H and O–H groups in total. The lowest BCUT2D eigenvalue weighted by Crippen LogP contribution is -2.10. The van der Waals surface area contributed by atoms with E-state index in [9.17, 15) is 18.7 Å². The summed E-state index contributed by atoms with van der Waals surface area (Å²) >= 11 is 1.07. The maximum Gasteiger partial charge on any atom is 0.349 e. The van der Waals surface area contributed by atoms with Crippen molar-refractivity contribution in [1.29, 1.82) is 0 Å². The van der Waals surface area contributed by atoms with Crippen molar-refractivity contribution < 1.29 is 23.4 Å². The van der Waals surface area contributed by atoms with Crippen molar-refractivity contribution in [3.63, 3.8) is 0 Å². The van der Waals surface area contributed by atoms with E-state index in [4.69, 9.17) is 4.74 Å². The van der Waals surface area contributed by atoms with Gasteiger partial charge >= 0.3 is 5.97 Å². The Morgan fingerprint density at radius 2 is 2.00 bits per heavy atom. The molecule has 4 rings (SSSR count). The second kappa shape index (κ2) is 7.77. The highest BCUT2D eigenvalue weighted by Gasteiger charge is 2.26. The summed E-state index contributed by atoms with van der Waals surface area (Å²) in [6.45, 7) is 4.51. The molecular formula is C23H20F2N2O3S. The number of hydrogen-bond donors (Lipinski definition) is 1. The highest BCUT2D eigenvalue weighted by atomic mass is 32.1. The van der Waals surface area contributed by atoms with Crippen LogP contribution in [0, 0.1) is 6.92 Å². The van der Waals surface area contributed by atoms with Gasteiger partial charge in [0.05, 0.1) is 11.0 Å². The number of ether oxygens (including phenoxy) is 1. The first-order valence-electron chi connectivity index (χ1n) is 9.59. The second-order valence-electron chi connectivity index (χ2n) is 7.46. The van der Waals surface area contributed by atoms with Gasteiger partial charge in [0, 0.05) is 18.6 Å². The third-order valence-electron chi connectivity index (χ3n) is 4.99. The maximum atomic E-state index is 13.7. The van der Waals surface area contributed by atoms with Crippen molar-refractivity contribution in [2.24, 2.45) is 0 Å². The first-order valence-corrected chi connectivity index (χ1v) is 10.4. The van der Waals surface area contributed by atoms with Gasteiger partial charge in [-0.05, 0) is 43.2 Å². The number of imidazole rings is 1. The van der Waals surface area contributed by atoms with E-state index in [0.717, 1.165) is 34.9 Å². The van der Waals surface area contributed by atoms with E-state index in [1.807, 2.05) is 29.7 Å². The van der Waals surface area contributed by atoms with Crippen LogP contribution in [-0.2, 0) is 5.92 Å². The van der Waals surface area contributed by atoms with Gasteiger partial charge in [-0.15, -0.1) is 11.3 Å². The summed E-state index contributed by atoms with van der Waals surface area (Å²) in [4.78, 5) is 16.2. The third kappa shape index (κ3) is 4.16. The predicted octanol–water partition coefficient (Wildman–Crippen LogP) is 6.35. The molecule has 0 bridgehead atoms. The highest BCUT2D eigenvalue weighted by molar-refractivity contribution is 7.16. The number of aromatic nitrogens is 2. The van der Waals surface area contributed by atoms with Crippen LogP contribution >= 0.6 is 11.3 Å². The number of alkyl halides is 2. The molecule has 0 amide bonds. The number of carboxylic acid groups (broad SMARTS) is 1. The molecule has 0 saturated heterocycles. The fourth-order valence-electron chi connectivity index (χ4n) is 3.34. The Hall–Kier alpha value is -3.26. The van der Waals surface area contributed by atoms with Gasteiger partial charge < -0.3 is 9.84 Å². The van der Waals surface area contributed by atoms with E-state index in [1.54, 1.807) is 31.5 Å². The zero-order valence-electron chi connectivity index (χ0n) is 17.1. The number of carboxylic acids is 1. The van der Waals surface area contributed by atoms with Crippen molar-refractivity contribution >= 4 is 28.3 Å². The van der Waals surface area contributed by atoms with Gasteiger partial charge in [0.1, 0.15) is 23.2 Å². The average molecular weight is 442 g/mol. The van der Waals surface area contributed by atoms with Gasteiger partial charge in [0.2, 0.25) is 0 Å². The topological polar surface area (TPSA) is 64.4 Å². The predicted molar refractivity (Wildman–Crippen MR) is 116 cm³/mol. The maximum absolute atomic E-state index is 13.7. The smallest absolute Gasteiger partial charge is 0.349 e. The summed E-state index contributed by atoms with van der Waals surface area (Å²) < 4.78 is 35.1. The normalized spacial score (nSPS) is 12.8. The fraction of sp³-hybridized carbons (Fsp3) is 0.217. The number of aryl methyl sites for hydroxylation is 1. The molecule has 1 atom stereocenters. The van der Waals surface area contributed by atoms with E-state index in [1.165, 1.54) is 12.1 Å². The molecular weight excluding hydrogens is 422 g/mol. The summed E-state index contributed by atoms with van der Waals surface area (Å²) in [5, 5.41) is 10.3. The van der Waals surface area contributed by atoms with Crippen LogP contribution in [0.2, 0.25) is 0 Å². The number of aromatic carboxylic acids is 1. The average Bonchev–Trinajstić information content (AvgIpc) is 3.31. The number of nitrogens with zero attached hydrogens (tertiary/aromatic N) is 2. The van der Waals surface area contributed by atoms with E-state index >= 15 is 0 Å². The van der Waals surface area contributed by atoms with Crippen molar-refractivity contribution in [2.75, 3.05) is 0 Å². The number of benzene rings is 2. The largest absolute Gasteiger partial charge is 0.484 e. The molecule has 2 heterocycles. The summed E-state index contributed by atoms with van der Waals surface area (Å²) in [6.07, 6.45) is 1.02. The number of fused-ring (bicyclic) bond motifs is 1. The van der Waals surface area contributed by atoms with Gasteiger partial charge in [-0.2, -0.15) is 0 Å². The van der Waals surface area contributed by atoms with Gasteiger partial charge in [-0.3, -0.25) is 4.57 Å². The molecule has 0 spiro atoms. The van der Waals surface area contributed by atoms with Gasteiger partial charge in [0.15, 0.2) is 4.88 Å². The molecule has 0 radical (unpaired) electrons. The Labute approximate surface area is 181 Å². The Balaban J connectivity index is 1.69. The molecule has 0 fully saturated rings. The van der Waals surface area contributed by atoms with Crippen molar-refractivity contribution in [1.82, 2.24) is 9.55 Å². The molecule has 5 nitrogen and oxygen atoms in total. The monoisotopic (exact) mass is 442 g/mol. The molecule has 2 aromatic carbocycles. The molecule has 2 aromatic heterocycles. The first-order chi connectivity index (χ1) is 14.6. The van der Waals surface area contributed by atoms with Gasteiger partial charge in [-0.25, -0.2) is 18.6 Å². The van der Waals surface area contributed by atoms with E-state index < -0.39 is 18.0 Å². The number of halogens is 2. The molecule has 0 saturated carbocycles. The minimum absolute atomic E-state index is 0.0350. The second-order valence-corrected chi connectivity index (χ2v) is 8.49. The zero-order chi connectivity index (χ0) is 22.3. The Kier molecular flexibility index (Phi) is 5.26. The number of hydrogen-bond acceptors (Lipinski definition) is 4. The molecule has 31 heavy (non-hydrogen) atoms. The van der Waals surface area contributed by atoms with Crippen molar-refractivity contribution in [2.45, 2.75) is 32.8 Å². The quantitative estimate of drug-likeness (QED) is 0.378. The summed E-state index contributed by atoms with van der Waals surface area (Å²) in [6, 6.07) is 13.4. The Morgan fingerprint density at radius 1 is 1.23 bits per heavy atom. The summed E-state index contributed by atoms with van der Waals surface area (Å²) in [7, 11) is 0. The van der Waals surface area contributed by atoms with Crippen LogP contribution in [0.25, 0.3) is 16.0 Å². The van der Waals surface area contributed by atoms with Crippen LogP contribution in [0.4, 0.5) is 8.78 Å². The van der Waals surface area contributed by atoms with Crippen LogP contribution in [0.3, 0.4) is 0 Å². The van der Waals surface area contributed by atoms with Crippen LogP contribution in [-0.4, -0.2) is 20.6 Å². The summed E-state index contributed by atoms with van der Waals surface area (Å²) in [5.41, 5.74) is 3.14. The van der Waals surface area contributed by atoms with Crippen molar-refractivity contribution in [3.8, 4) is 10.8 Å². The molecule has 0 aliphatic heterocycles. The lowest BCUT2D eigenvalue weighted by molar-refractivity contribution is 0.0172. The minimum Gasteiger partial charge on any atom is -0.484 e. The number of carbonyl (C=O) groups is 1. The number of thiophene rings is 1. The SMILES string of the molecule is Cc1ccc2c(c1)ncn2-c1cc(OC(C)c2cccc(C(C)(F)F)c2)c(C(=O)O)s1. The zero-order valence-corrected chi connectivity index (χ0v) is 17.9. The Morgan fingerprint density at radius 3 is 2.71 bits per heavy atom. The van der Waals surface area contributed by atoms with Gasteiger partial charge in [0.25, 0.3) is 5.92 Å². The standard InChI is InChI=1S/C23H20F2N2O3S/c1-13-7-8-18-17(9-13)26-12-27(18)20-11-19(21(31-20)22(28)29)30-14(2)15-5-4-6-16(10-15)23(3,24)25/h4-12,14H,1-3H3,(H,28,29). The number of rotatable bonds is 6. The highest BCUT2D eigenvalue weighted by Crippen LogP contribution is 2.37. The summed E-state index contributed by atoms with van der Waals surface area (Å²) in [5.74, 6) is -3.91. The lowest BCUT2D eigenvalue weighted by Gasteiger charge is -2.17. The molecule has 0 aliphatic rings. The minimum atomic E-state index is -2.97. The third-order valence-corrected chi connectivity index (χ3v) is 6.09. The van der Waals surface area contributed by atoms with E-state index in [2.05, 4.69) is 4.98 Å². The van der Waals surface area contributed by atoms with E-state index in [0.29, 0.717) is 10.6 Å². The van der Waals surface area contributed by atoms with Gasteiger partial charge in [-0.1, -0.05) is 24.3 Å². The Bertz CT molecular complexity index is 1270. The fourth-order valence-corrected chi connectivity index (χ4v) is 4.25.